The lowest BCUT2D eigenvalue weighted by Gasteiger charge is -2.10. The molecule has 0 fully saturated rings. The number of nitrogen functional groups attached to an aromatic ring is 1. The molecule has 0 spiro atoms. The molecule has 0 saturated heterocycles. The van der Waals surface area contributed by atoms with Gasteiger partial charge in [-0.15, -0.1) is 5.10 Å². The molecular formula is C14H11Br2N5. The SMILES string of the molecule is Cc1c(N)cccc1-c1nnnn1-c1ccc(Br)cc1Br. The number of tetrazole rings is 1. The Hall–Kier alpha value is -1.73. The van der Waals surface area contributed by atoms with Gasteiger partial charge in [0.15, 0.2) is 5.82 Å². The van der Waals surface area contributed by atoms with Gasteiger partial charge in [0.2, 0.25) is 0 Å². The van der Waals surface area contributed by atoms with Gasteiger partial charge in [-0.05, 0) is 63.1 Å². The van der Waals surface area contributed by atoms with Gasteiger partial charge in [-0.1, -0.05) is 28.1 Å². The largest absolute Gasteiger partial charge is 0.398 e. The molecule has 0 aliphatic rings. The van der Waals surface area contributed by atoms with Gasteiger partial charge in [-0.25, -0.2) is 0 Å². The zero-order valence-electron chi connectivity index (χ0n) is 11.1. The summed E-state index contributed by atoms with van der Waals surface area (Å²) in [5.41, 5.74) is 9.42. The number of nitrogens with two attached hydrogens (primary N) is 1. The first-order valence-corrected chi connectivity index (χ1v) is 7.76. The Morgan fingerprint density at radius 1 is 1.14 bits per heavy atom. The molecule has 3 aromatic rings. The fourth-order valence-corrected chi connectivity index (χ4v) is 3.28. The first-order valence-electron chi connectivity index (χ1n) is 6.17. The van der Waals surface area contributed by atoms with E-state index in [1.807, 2.05) is 43.3 Å². The van der Waals surface area contributed by atoms with Gasteiger partial charge in [-0.3, -0.25) is 0 Å². The molecule has 0 saturated carbocycles. The highest BCUT2D eigenvalue weighted by molar-refractivity contribution is 9.11. The average Bonchev–Trinajstić information content (AvgIpc) is 2.91. The third-order valence-corrected chi connectivity index (χ3v) is 4.35. The van der Waals surface area contributed by atoms with Gasteiger partial charge in [-0.2, -0.15) is 4.68 Å². The van der Waals surface area contributed by atoms with Crippen LogP contribution in [0, 0.1) is 6.92 Å². The van der Waals surface area contributed by atoms with Crippen molar-refractivity contribution in [3.63, 3.8) is 0 Å². The molecule has 21 heavy (non-hydrogen) atoms. The van der Waals surface area contributed by atoms with E-state index in [2.05, 4.69) is 47.4 Å². The van der Waals surface area contributed by atoms with Crippen LogP contribution in [0.1, 0.15) is 5.56 Å². The number of halogens is 2. The molecule has 3 rings (SSSR count). The maximum atomic E-state index is 5.97. The van der Waals surface area contributed by atoms with Crippen molar-refractivity contribution in [2.45, 2.75) is 6.92 Å². The lowest BCUT2D eigenvalue weighted by Crippen LogP contribution is -2.02. The van der Waals surface area contributed by atoms with Crippen LogP contribution in [0.2, 0.25) is 0 Å². The molecule has 1 aromatic heterocycles. The number of benzene rings is 2. The third kappa shape index (κ3) is 2.58. The fraction of sp³-hybridized carbons (Fsp3) is 0.0714. The summed E-state index contributed by atoms with van der Waals surface area (Å²) in [7, 11) is 0. The van der Waals surface area contributed by atoms with Gasteiger partial charge in [0.1, 0.15) is 0 Å². The first kappa shape index (κ1) is 14.2. The molecule has 0 atom stereocenters. The van der Waals surface area contributed by atoms with Crippen molar-refractivity contribution in [3.05, 3.63) is 50.9 Å². The van der Waals surface area contributed by atoms with E-state index in [9.17, 15) is 0 Å². The summed E-state index contributed by atoms with van der Waals surface area (Å²) in [6, 6.07) is 11.6. The molecule has 0 bridgehead atoms. The van der Waals surface area contributed by atoms with E-state index in [0.29, 0.717) is 5.82 Å². The summed E-state index contributed by atoms with van der Waals surface area (Å²) >= 11 is 6.97. The highest BCUT2D eigenvalue weighted by Crippen LogP contribution is 2.30. The monoisotopic (exact) mass is 407 g/mol. The van der Waals surface area contributed by atoms with Crippen LogP contribution >= 0.6 is 31.9 Å². The smallest absolute Gasteiger partial charge is 0.187 e. The topological polar surface area (TPSA) is 69.6 Å². The average molecular weight is 409 g/mol. The number of hydrogen-bond donors (Lipinski definition) is 1. The summed E-state index contributed by atoms with van der Waals surface area (Å²) in [5.74, 6) is 0.655. The number of nitrogens with zero attached hydrogens (tertiary/aromatic N) is 4. The van der Waals surface area contributed by atoms with E-state index in [0.717, 1.165) is 31.4 Å². The van der Waals surface area contributed by atoms with Crippen LogP contribution in [0.5, 0.6) is 0 Å². The van der Waals surface area contributed by atoms with Crippen LogP contribution in [0.15, 0.2) is 45.3 Å². The second-order valence-corrected chi connectivity index (χ2v) is 6.30. The van der Waals surface area contributed by atoms with Crippen LogP contribution < -0.4 is 5.73 Å². The molecule has 2 N–H and O–H groups in total. The van der Waals surface area contributed by atoms with Crippen molar-refractivity contribution >= 4 is 37.5 Å². The van der Waals surface area contributed by atoms with E-state index in [1.165, 1.54) is 0 Å². The summed E-state index contributed by atoms with van der Waals surface area (Å²) in [6.45, 7) is 1.96. The summed E-state index contributed by atoms with van der Waals surface area (Å²) in [5, 5.41) is 12.0. The summed E-state index contributed by atoms with van der Waals surface area (Å²) < 4.78 is 3.57. The molecule has 1 heterocycles. The molecule has 106 valence electrons. The first-order chi connectivity index (χ1) is 10.1. The van der Waals surface area contributed by atoms with E-state index in [-0.39, 0.29) is 0 Å². The van der Waals surface area contributed by atoms with Crippen molar-refractivity contribution < 1.29 is 0 Å². The zero-order chi connectivity index (χ0) is 15.0. The van der Waals surface area contributed by atoms with E-state index >= 15 is 0 Å². The quantitative estimate of drug-likeness (QED) is 0.655. The van der Waals surface area contributed by atoms with E-state index in [1.54, 1.807) is 4.68 Å². The van der Waals surface area contributed by atoms with Crippen LogP contribution in [0.3, 0.4) is 0 Å². The Labute approximate surface area is 138 Å². The third-order valence-electron chi connectivity index (χ3n) is 3.22. The van der Waals surface area contributed by atoms with Crippen LogP contribution in [0.25, 0.3) is 17.1 Å². The zero-order valence-corrected chi connectivity index (χ0v) is 14.3. The molecular weight excluding hydrogens is 398 g/mol. The molecule has 7 heteroatoms. The normalized spacial score (nSPS) is 10.8. The van der Waals surface area contributed by atoms with Gasteiger partial charge >= 0.3 is 0 Å². The molecule has 0 aliphatic carbocycles. The molecule has 0 aliphatic heterocycles. The van der Waals surface area contributed by atoms with Gasteiger partial charge in [0.05, 0.1) is 5.69 Å². The maximum Gasteiger partial charge on any atom is 0.187 e. The standard InChI is InChI=1S/C14H11Br2N5/c1-8-10(3-2-4-12(8)17)14-18-19-20-21(14)13-6-5-9(15)7-11(13)16/h2-7H,17H2,1H3. The van der Waals surface area contributed by atoms with Gasteiger partial charge in [0.25, 0.3) is 0 Å². The van der Waals surface area contributed by atoms with Crippen molar-refractivity contribution in [2.75, 3.05) is 5.73 Å². The molecule has 0 unspecified atom stereocenters. The van der Waals surface area contributed by atoms with Gasteiger partial charge < -0.3 is 5.73 Å². The van der Waals surface area contributed by atoms with Crippen LogP contribution in [0.4, 0.5) is 5.69 Å². The fourth-order valence-electron chi connectivity index (χ4n) is 2.07. The molecule has 0 radical (unpaired) electrons. The molecule has 5 nitrogen and oxygen atoms in total. The minimum Gasteiger partial charge on any atom is -0.398 e. The molecule has 0 amide bonds. The second-order valence-electron chi connectivity index (χ2n) is 4.53. The minimum atomic E-state index is 0.655. The number of anilines is 1. The van der Waals surface area contributed by atoms with Crippen molar-refractivity contribution in [2.24, 2.45) is 0 Å². The van der Waals surface area contributed by atoms with Crippen molar-refractivity contribution in [1.29, 1.82) is 0 Å². The van der Waals surface area contributed by atoms with Crippen molar-refractivity contribution in [1.82, 2.24) is 20.2 Å². The lowest BCUT2D eigenvalue weighted by molar-refractivity contribution is 0.788. The Balaban J connectivity index is 2.20. The number of hydrogen-bond acceptors (Lipinski definition) is 4. The van der Waals surface area contributed by atoms with Crippen molar-refractivity contribution in [3.8, 4) is 17.1 Å². The summed E-state index contributed by atoms with van der Waals surface area (Å²) in [4.78, 5) is 0. The Morgan fingerprint density at radius 3 is 2.71 bits per heavy atom. The highest BCUT2D eigenvalue weighted by atomic mass is 79.9. The van der Waals surface area contributed by atoms with Gasteiger partial charge in [0, 0.05) is 20.2 Å². The van der Waals surface area contributed by atoms with E-state index in [4.69, 9.17) is 5.73 Å². The number of rotatable bonds is 2. The number of aromatic nitrogens is 4. The highest BCUT2D eigenvalue weighted by Gasteiger charge is 2.15. The minimum absolute atomic E-state index is 0.655. The molecule has 2 aromatic carbocycles. The Bertz CT molecular complexity index is 813. The second kappa shape index (κ2) is 5.57. The van der Waals surface area contributed by atoms with Crippen LogP contribution in [-0.2, 0) is 0 Å². The maximum absolute atomic E-state index is 5.97. The Kier molecular flexibility index (Phi) is 3.77. The predicted molar refractivity (Wildman–Crippen MR) is 89.1 cm³/mol. The Morgan fingerprint density at radius 2 is 1.95 bits per heavy atom. The predicted octanol–water partition coefficient (Wildman–Crippen LogP) is 3.74. The van der Waals surface area contributed by atoms with Crippen LogP contribution in [-0.4, -0.2) is 20.2 Å². The van der Waals surface area contributed by atoms with E-state index < -0.39 is 0 Å². The lowest BCUT2D eigenvalue weighted by atomic mass is 10.1. The summed E-state index contributed by atoms with van der Waals surface area (Å²) in [6.07, 6.45) is 0.